The van der Waals surface area contributed by atoms with E-state index in [2.05, 4.69) is 39.8 Å². The Morgan fingerprint density at radius 2 is 1.69 bits per heavy atom. The van der Waals surface area contributed by atoms with Crippen molar-refractivity contribution < 1.29 is 4.79 Å². The van der Waals surface area contributed by atoms with Gasteiger partial charge in [0.1, 0.15) is 5.82 Å². The molecule has 1 saturated carbocycles. The van der Waals surface area contributed by atoms with Crippen molar-refractivity contribution in [3.05, 3.63) is 78.0 Å². The molecule has 5 rings (SSSR count). The van der Waals surface area contributed by atoms with E-state index in [1.165, 1.54) is 31.2 Å². The maximum atomic E-state index is 12.9. The predicted molar refractivity (Wildman–Crippen MR) is 127 cm³/mol. The summed E-state index contributed by atoms with van der Waals surface area (Å²) in [7, 11) is 0. The molecule has 0 bridgehead atoms. The summed E-state index contributed by atoms with van der Waals surface area (Å²) in [6.07, 6.45) is 4.87. The molecule has 2 heterocycles. The third-order valence-corrected chi connectivity index (χ3v) is 6.34. The van der Waals surface area contributed by atoms with Gasteiger partial charge in [0.15, 0.2) is 0 Å². The number of para-hydroxylation sites is 1. The van der Waals surface area contributed by atoms with E-state index in [0.29, 0.717) is 5.92 Å². The van der Waals surface area contributed by atoms with Crippen LogP contribution in [-0.4, -0.2) is 46.8 Å². The van der Waals surface area contributed by atoms with Crippen LogP contribution in [0.4, 0.5) is 5.82 Å². The first-order valence-electron chi connectivity index (χ1n) is 11.7. The fourth-order valence-corrected chi connectivity index (χ4v) is 4.43. The molecular weight excluding hydrogens is 398 g/mol. The van der Waals surface area contributed by atoms with Gasteiger partial charge in [0, 0.05) is 24.6 Å². The molecule has 1 aliphatic carbocycles. The van der Waals surface area contributed by atoms with Crippen molar-refractivity contribution in [2.24, 2.45) is 0 Å². The number of carbonyl (C=O) groups excluding carboxylic acids is 1. The lowest BCUT2D eigenvalue weighted by Gasteiger charge is -2.25. The lowest BCUT2D eigenvalue weighted by Crippen LogP contribution is -2.38. The monoisotopic (exact) mass is 429 g/mol. The van der Waals surface area contributed by atoms with Gasteiger partial charge >= 0.3 is 0 Å². The molecule has 2 aromatic carbocycles. The van der Waals surface area contributed by atoms with E-state index in [-0.39, 0.29) is 18.5 Å². The first-order valence-corrected chi connectivity index (χ1v) is 11.7. The van der Waals surface area contributed by atoms with Crippen molar-refractivity contribution in [1.82, 2.24) is 20.0 Å². The summed E-state index contributed by atoms with van der Waals surface area (Å²) in [6, 6.07) is 22.6. The van der Waals surface area contributed by atoms with Crippen LogP contribution in [0.5, 0.6) is 0 Å². The average Bonchev–Trinajstić information content (AvgIpc) is 3.39. The number of rotatable bonds is 9. The summed E-state index contributed by atoms with van der Waals surface area (Å²) >= 11 is 0. The van der Waals surface area contributed by atoms with Gasteiger partial charge in [0.25, 0.3) is 0 Å². The van der Waals surface area contributed by atoms with E-state index in [1.54, 1.807) is 0 Å². The van der Waals surface area contributed by atoms with Gasteiger partial charge in [-0.1, -0.05) is 48.5 Å². The Balaban J connectivity index is 1.27. The molecule has 3 aromatic rings. The van der Waals surface area contributed by atoms with Gasteiger partial charge in [-0.05, 0) is 56.5 Å². The Morgan fingerprint density at radius 1 is 1.00 bits per heavy atom. The van der Waals surface area contributed by atoms with Crippen LogP contribution in [-0.2, 0) is 4.79 Å². The molecule has 2 N–H and O–H groups in total. The molecule has 2 aliphatic rings. The minimum Gasteiger partial charge on any atom is -0.309 e. The molecule has 166 valence electrons. The number of carbonyl (C=O) groups is 1. The normalized spacial score (nSPS) is 17.4. The number of nitrogens with zero attached hydrogens (tertiary/aromatic N) is 3. The zero-order valence-electron chi connectivity index (χ0n) is 18.4. The summed E-state index contributed by atoms with van der Waals surface area (Å²) in [4.78, 5) is 15.4. The van der Waals surface area contributed by atoms with E-state index >= 15 is 0 Å². The third-order valence-electron chi connectivity index (χ3n) is 6.34. The highest BCUT2D eigenvalue weighted by Gasteiger charge is 2.28. The van der Waals surface area contributed by atoms with Crippen molar-refractivity contribution >= 4 is 11.7 Å². The molecule has 0 radical (unpaired) electrons. The van der Waals surface area contributed by atoms with Gasteiger partial charge in [-0.15, -0.1) is 0 Å². The van der Waals surface area contributed by atoms with E-state index < -0.39 is 0 Å². The molecule has 1 unspecified atom stereocenters. The second kappa shape index (κ2) is 9.67. The van der Waals surface area contributed by atoms with Gasteiger partial charge in [-0.3, -0.25) is 4.79 Å². The van der Waals surface area contributed by atoms with Crippen LogP contribution in [0, 0.1) is 0 Å². The van der Waals surface area contributed by atoms with Crippen LogP contribution < -0.4 is 10.6 Å². The number of aromatic nitrogens is 2. The van der Waals surface area contributed by atoms with Gasteiger partial charge < -0.3 is 15.5 Å². The number of likely N-dealkylation sites (tertiary alicyclic amines) is 1. The largest absolute Gasteiger partial charge is 0.309 e. The Hall–Kier alpha value is -2.96. The molecule has 2 fully saturated rings. The van der Waals surface area contributed by atoms with Crippen molar-refractivity contribution in [2.75, 3.05) is 31.5 Å². The Kier molecular flexibility index (Phi) is 6.32. The number of anilines is 1. The number of hydrogen-bond donors (Lipinski definition) is 2. The highest BCUT2D eigenvalue weighted by Crippen LogP contribution is 2.40. The molecule has 32 heavy (non-hydrogen) atoms. The summed E-state index contributed by atoms with van der Waals surface area (Å²) in [5.41, 5.74) is 3.24. The summed E-state index contributed by atoms with van der Waals surface area (Å²) in [5, 5.41) is 11.4. The number of nitrogens with one attached hydrogen (secondary N) is 2. The fraction of sp³-hybridized carbons (Fsp3) is 0.385. The standard InChI is InChI=1S/C26H31N5O/c32-26(18-27-24(19-30-15-7-8-16-30)20-9-3-1-4-10-20)28-25-17-23(21-13-14-21)29-31(25)22-11-5-2-6-12-22/h1-6,9-12,17,21,24,27H,7-8,13-16,18-19H2,(H,28,32). The zero-order chi connectivity index (χ0) is 21.8. The third kappa shape index (κ3) is 5.09. The van der Waals surface area contributed by atoms with E-state index in [0.717, 1.165) is 36.8 Å². The van der Waals surface area contributed by atoms with Crippen molar-refractivity contribution in [3.63, 3.8) is 0 Å². The highest BCUT2D eigenvalue weighted by molar-refractivity contribution is 5.91. The van der Waals surface area contributed by atoms with E-state index in [9.17, 15) is 4.79 Å². The van der Waals surface area contributed by atoms with Crippen molar-refractivity contribution in [3.8, 4) is 5.69 Å². The zero-order valence-corrected chi connectivity index (χ0v) is 18.4. The second-order valence-electron chi connectivity index (χ2n) is 8.88. The molecular formula is C26H31N5O. The van der Waals surface area contributed by atoms with Gasteiger partial charge in [-0.25, -0.2) is 4.68 Å². The molecule has 1 aliphatic heterocycles. The maximum absolute atomic E-state index is 12.9. The Morgan fingerprint density at radius 3 is 2.38 bits per heavy atom. The first kappa shape index (κ1) is 20.9. The number of amides is 1. The maximum Gasteiger partial charge on any atom is 0.239 e. The SMILES string of the molecule is O=C(CNC(CN1CCCC1)c1ccccc1)Nc1cc(C2CC2)nn1-c1ccccc1. The van der Waals surface area contributed by atoms with E-state index in [4.69, 9.17) is 5.10 Å². The summed E-state index contributed by atoms with van der Waals surface area (Å²) in [6.45, 7) is 3.45. The minimum absolute atomic E-state index is 0.0493. The summed E-state index contributed by atoms with van der Waals surface area (Å²) < 4.78 is 1.85. The smallest absolute Gasteiger partial charge is 0.239 e. The highest BCUT2D eigenvalue weighted by atomic mass is 16.2. The lowest BCUT2D eigenvalue weighted by molar-refractivity contribution is -0.115. The average molecular weight is 430 g/mol. The Labute approximate surface area is 189 Å². The molecule has 6 heteroatoms. The Bertz CT molecular complexity index is 1020. The molecule has 1 amide bonds. The quantitative estimate of drug-likeness (QED) is 0.537. The first-order chi connectivity index (χ1) is 15.8. The lowest BCUT2D eigenvalue weighted by atomic mass is 10.1. The van der Waals surface area contributed by atoms with Crippen LogP contribution >= 0.6 is 0 Å². The molecule has 1 saturated heterocycles. The van der Waals surface area contributed by atoms with Gasteiger partial charge in [0.05, 0.1) is 17.9 Å². The molecule has 6 nitrogen and oxygen atoms in total. The summed E-state index contributed by atoms with van der Waals surface area (Å²) in [5.74, 6) is 1.21. The van der Waals surface area contributed by atoms with Crippen LogP contribution in [0.15, 0.2) is 66.7 Å². The van der Waals surface area contributed by atoms with Crippen LogP contribution in [0.2, 0.25) is 0 Å². The van der Waals surface area contributed by atoms with Crippen LogP contribution in [0.1, 0.15) is 48.9 Å². The molecule has 1 aromatic heterocycles. The number of benzene rings is 2. The van der Waals surface area contributed by atoms with Gasteiger partial charge in [0.2, 0.25) is 5.91 Å². The molecule has 0 spiro atoms. The molecule has 1 atom stereocenters. The van der Waals surface area contributed by atoms with Crippen molar-refractivity contribution in [2.45, 2.75) is 37.6 Å². The van der Waals surface area contributed by atoms with Crippen LogP contribution in [0.3, 0.4) is 0 Å². The number of hydrogen-bond acceptors (Lipinski definition) is 4. The van der Waals surface area contributed by atoms with Crippen LogP contribution in [0.25, 0.3) is 5.69 Å². The second-order valence-corrected chi connectivity index (χ2v) is 8.88. The van der Waals surface area contributed by atoms with Gasteiger partial charge in [-0.2, -0.15) is 5.10 Å². The minimum atomic E-state index is -0.0493. The topological polar surface area (TPSA) is 62.2 Å². The fourth-order valence-electron chi connectivity index (χ4n) is 4.43. The predicted octanol–water partition coefficient (Wildman–Crippen LogP) is 4.11. The van der Waals surface area contributed by atoms with Crippen molar-refractivity contribution in [1.29, 1.82) is 0 Å². The van der Waals surface area contributed by atoms with E-state index in [1.807, 2.05) is 47.1 Å².